The molecule has 1 rings (SSSR count). The second-order valence-corrected chi connectivity index (χ2v) is 4.07. The number of carbonyl (C=O) groups is 1. The molecule has 2 atom stereocenters. The summed E-state index contributed by atoms with van der Waals surface area (Å²) in [5.74, 6) is -2.31. The van der Waals surface area contributed by atoms with Gasteiger partial charge in [0.1, 0.15) is 18.5 Å². The van der Waals surface area contributed by atoms with Crippen LogP contribution < -0.4 is 15.8 Å². The van der Waals surface area contributed by atoms with Gasteiger partial charge in [-0.05, 0) is 19.1 Å². The Morgan fingerprint density at radius 1 is 1.47 bits per heavy atom. The third-order valence-electron chi connectivity index (χ3n) is 2.26. The summed E-state index contributed by atoms with van der Waals surface area (Å²) in [6, 6.07) is 2.38. The van der Waals surface area contributed by atoms with Gasteiger partial charge in [-0.25, -0.2) is 8.78 Å². The van der Waals surface area contributed by atoms with Crippen LogP contribution in [0.3, 0.4) is 0 Å². The summed E-state index contributed by atoms with van der Waals surface area (Å²) in [5, 5.41) is 11.9. The van der Waals surface area contributed by atoms with Crippen molar-refractivity contribution in [1.82, 2.24) is 5.32 Å². The monoisotopic (exact) mass is 274 g/mol. The largest absolute Gasteiger partial charge is 0.491 e. The van der Waals surface area contributed by atoms with E-state index < -0.39 is 29.7 Å². The smallest absolute Gasteiger partial charge is 0.236 e. The zero-order chi connectivity index (χ0) is 14.4. The SMILES string of the molecule is C[C@H](N)C(=O)NCC(O)COc1ccc(F)c(F)c1. The minimum Gasteiger partial charge on any atom is -0.491 e. The first-order chi connectivity index (χ1) is 8.90. The molecule has 7 heteroatoms. The van der Waals surface area contributed by atoms with Crippen LogP contribution in [0.2, 0.25) is 0 Å². The highest BCUT2D eigenvalue weighted by Gasteiger charge is 2.11. The van der Waals surface area contributed by atoms with Crippen molar-refractivity contribution in [3.8, 4) is 5.75 Å². The maximum absolute atomic E-state index is 12.9. The summed E-state index contributed by atoms with van der Waals surface area (Å²) < 4.78 is 30.6. The highest BCUT2D eigenvalue weighted by molar-refractivity contribution is 5.80. The van der Waals surface area contributed by atoms with E-state index in [9.17, 15) is 18.7 Å². The van der Waals surface area contributed by atoms with Crippen LogP contribution in [0.25, 0.3) is 0 Å². The van der Waals surface area contributed by atoms with E-state index in [0.29, 0.717) is 0 Å². The van der Waals surface area contributed by atoms with E-state index in [2.05, 4.69) is 5.32 Å². The molecule has 0 aliphatic rings. The molecule has 1 unspecified atom stereocenters. The average Bonchev–Trinajstić information content (AvgIpc) is 2.37. The number of rotatable bonds is 6. The molecule has 0 aliphatic carbocycles. The fraction of sp³-hybridized carbons (Fsp3) is 0.417. The fourth-order valence-electron chi connectivity index (χ4n) is 1.20. The van der Waals surface area contributed by atoms with Gasteiger partial charge in [0.15, 0.2) is 11.6 Å². The van der Waals surface area contributed by atoms with Crippen molar-refractivity contribution in [2.24, 2.45) is 5.73 Å². The van der Waals surface area contributed by atoms with Crippen molar-refractivity contribution in [1.29, 1.82) is 0 Å². The quantitative estimate of drug-likeness (QED) is 0.690. The molecule has 0 saturated heterocycles. The first-order valence-corrected chi connectivity index (χ1v) is 5.69. The van der Waals surface area contributed by atoms with Crippen LogP contribution in [0.4, 0.5) is 8.78 Å². The standard InChI is InChI=1S/C12H16F2N2O3/c1-7(15)12(18)16-5-8(17)6-19-9-2-3-10(13)11(14)4-9/h2-4,7-8,17H,5-6,15H2,1H3,(H,16,18)/t7-,8?/m0/s1. The van der Waals surface area contributed by atoms with Gasteiger partial charge < -0.3 is 20.9 Å². The fourth-order valence-corrected chi connectivity index (χ4v) is 1.20. The Morgan fingerprint density at radius 3 is 2.74 bits per heavy atom. The molecular formula is C12H16F2N2O3. The molecule has 0 bridgehead atoms. The van der Waals surface area contributed by atoms with Gasteiger partial charge >= 0.3 is 0 Å². The molecule has 0 radical (unpaired) electrons. The van der Waals surface area contributed by atoms with E-state index in [0.717, 1.165) is 12.1 Å². The molecule has 1 aromatic rings. The van der Waals surface area contributed by atoms with Gasteiger partial charge in [-0.3, -0.25) is 4.79 Å². The number of benzene rings is 1. The van der Waals surface area contributed by atoms with Crippen LogP contribution in [0.5, 0.6) is 5.75 Å². The van der Waals surface area contributed by atoms with Gasteiger partial charge in [0, 0.05) is 12.6 Å². The molecule has 5 nitrogen and oxygen atoms in total. The van der Waals surface area contributed by atoms with Gasteiger partial charge in [0.05, 0.1) is 6.04 Å². The van der Waals surface area contributed by atoms with E-state index in [1.165, 1.54) is 13.0 Å². The minimum absolute atomic E-state index is 0.0376. The number of hydrogen-bond donors (Lipinski definition) is 3. The van der Waals surface area contributed by atoms with Crippen molar-refractivity contribution >= 4 is 5.91 Å². The molecule has 0 fully saturated rings. The number of aliphatic hydroxyl groups is 1. The van der Waals surface area contributed by atoms with E-state index in [1.807, 2.05) is 0 Å². The Hall–Kier alpha value is -1.73. The third kappa shape index (κ3) is 5.19. The molecule has 4 N–H and O–H groups in total. The zero-order valence-corrected chi connectivity index (χ0v) is 10.4. The van der Waals surface area contributed by atoms with Crippen molar-refractivity contribution in [3.05, 3.63) is 29.8 Å². The number of halogens is 2. The Kier molecular flexibility index (Phi) is 5.65. The van der Waals surface area contributed by atoms with Gasteiger partial charge in [-0.1, -0.05) is 0 Å². The van der Waals surface area contributed by atoms with E-state index in [1.54, 1.807) is 0 Å². The number of nitrogens with one attached hydrogen (secondary N) is 1. The number of nitrogens with two attached hydrogens (primary N) is 1. The summed E-state index contributed by atoms with van der Waals surface area (Å²) in [7, 11) is 0. The molecule has 0 heterocycles. The first-order valence-electron chi connectivity index (χ1n) is 5.69. The Morgan fingerprint density at radius 2 is 2.16 bits per heavy atom. The van der Waals surface area contributed by atoms with Crippen molar-refractivity contribution in [2.75, 3.05) is 13.2 Å². The molecule has 0 aliphatic heterocycles. The Bertz CT molecular complexity index is 441. The molecular weight excluding hydrogens is 258 g/mol. The first kappa shape index (κ1) is 15.3. The van der Waals surface area contributed by atoms with Gasteiger partial charge in [0.25, 0.3) is 0 Å². The number of aliphatic hydroxyl groups excluding tert-OH is 1. The normalized spacial score (nSPS) is 13.7. The second kappa shape index (κ2) is 7.01. The van der Waals surface area contributed by atoms with E-state index in [4.69, 9.17) is 10.5 Å². The van der Waals surface area contributed by atoms with E-state index in [-0.39, 0.29) is 18.9 Å². The van der Waals surface area contributed by atoms with Crippen LogP contribution >= 0.6 is 0 Å². The topological polar surface area (TPSA) is 84.6 Å². The van der Waals surface area contributed by atoms with Crippen LogP contribution in [-0.4, -0.2) is 36.3 Å². The zero-order valence-electron chi connectivity index (χ0n) is 10.4. The summed E-state index contributed by atoms with van der Waals surface area (Å²) in [6.07, 6.45) is -0.976. The maximum Gasteiger partial charge on any atom is 0.236 e. The van der Waals surface area contributed by atoms with Gasteiger partial charge in [-0.2, -0.15) is 0 Å². The summed E-state index contributed by atoms with van der Waals surface area (Å²) >= 11 is 0. The van der Waals surface area contributed by atoms with E-state index >= 15 is 0 Å². The molecule has 0 spiro atoms. The third-order valence-corrected chi connectivity index (χ3v) is 2.26. The Labute approximate surface area is 109 Å². The average molecular weight is 274 g/mol. The lowest BCUT2D eigenvalue weighted by Gasteiger charge is -2.14. The van der Waals surface area contributed by atoms with Gasteiger partial charge in [-0.15, -0.1) is 0 Å². The van der Waals surface area contributed by atoms with Crippen molar-refractivity contribution in [3.63, 3.8) is 0 Å². The van der Waals surface area contributed by atoms with Crippen LogP contribution in [0.1, 0.15) is 6.92 Å². The molecule has 19 heavy (non-hydrogen) atoms. The lowest BCUT2D eigenvalue weighted by atomic mass is 10.3. The molecule has 1 amide bonds. The number of hydrogen-bond acceptors (Lipinski definition) is 4. The second-order valence-electron chi connectivity index (χ2n) is 4.07. The number of ether oxygens (including phenoxy) is 1. The maximum atomic E-state index is 12.9. The van der Waals surface area contributed by atoms with Crippen LogP contribution in [0, 0.1) is 11.6 Å². The predicted molar refractivity (Wildman–Crippen MR) is 64.5 cm³/mol. The summed E-state index contributed by atoms with van der Waals surface area (Å²) in [5.41, 5.74) is 5.32. The predicted octanol–water partition coefficient (Wildman–Crippen LogP) is 0.168. The number of carbonyl (C=O) groups excluding carboxylic acids is 1. The van der Waals surface area contributed by atoms with Crippen LogP contribution in [0.15, 0.2) is 18.2 Å². The molecule has 1 aromatic carbocycles. The summed E-state index contributed by atoms with van der Waals surface area (Å²) in [6.45, 7) is 1.31. The van der Waals surface area contributed by atoms with Crippen LogP contribution in [-0.2, 0) is 4.79 Å². The highest BCUT2D eigenvalue weighted by atomic mass is 19.2. The lowest BCUT2D eigenvalue weighted by molar-refractivity contribution is -0.122. The minimum atomic E-state index is -1.03. The summed E-state index contributed by atoms with van der Waals surface area (Å²) in [4.78, 5) is 11.1. The molecule has 106 valence electrons. The van der Waals surface area contributed by atoms with Gasteiger partial charge in [0.2, 0.25) is 5.91 Å². The molecule has 0 saturated carbocycles. The highest BCUT2D eigenvalue weighted by Crippen LogP contribution is 2.15. The van der Waals surface area contributed by atoms with Crippen molar-refractivity contribution in [2.45, 2.75) is 19.1 Å². The molecule has 0 aromatic heterocycles. The Balaban J connectivity index is 2.35. The number of amides is 1. The van der Waals surface area contributed by atoms with Crippen molar-refractivity contribution < 1.29 is 23.4 Å². The lowest BCUT2D eigenvalue weighted by Crippen LogP contribution is -2.42.